The predicted molar refractivity (Wildman–Crippen MR) is 107 cm³/mol. The fraction of sp³-hybridized carbons (Fsp3) is 0.364. The second-order valence-electron chi connectivity index (χ2n) is 7.69. The zero-order valence-electron chi connectivity index (χ0n) is 16.1. The first-order valence-corrected chi connectivity index (χ1v) is 9.58. The van der Waals surface area contributed by atoms with Gasteiger partial charge in [-0.1, -0.05) is 12.1 Å². The first-order chi connectivity index (χ1) is 14.1. The number of amides is 1. The van der Waals surface area contributed by atoms with Gasteiger partial charge in [-0.2, -0.15) is 5.26 Å². The number of benzene rings is 1. The summed E-state index contributed by atoms with van der Waals surface area (Å²) in [4.78, 5) is 27.0. The van der Waals surface area contributed by atoms with Gasteiger partial charge in [-0.05, 0) is 61.1 Å². The molecule has 1 saturated heterocycles. The Morgan fingerprint density at radius 2 is 2.07 bits per heavy atom. The van der Waals surface area contributed by atoms with Crippen molar-refractivity contribution < 1.29 is 14.7 Å². The summed E-state index contributed by atoms with van der Waals surface area (Å²) in [5.41, 5.74) is 2.94. The second kappa shape index (κ2) is 9.30. The maximum Gasteiger partial charge on any atom is 0.290 e. The molecule has 4 rings (SSSR count). The van der Waals surface area contributed by atoms with Gasteiger partial charge in [-0.3, -0.25) is 19.5 Å². The third-order valence-electron chi connectivity index (χ3n) is 5.62. The summed E-state index contributed by atoms with van der Waals surface area (Å²) >= 11 is 0. The predicted octanol–water partition coefficient (Wildman–Crippen LogP) is 2.44. The highest BCUT2D eigenvalue weighted by Gasteiger charge is 2.48. The van der Waals surface area contributed by atoms with Crippen LogP contribution in [-0.2, 0) is 11.3 Å². The van der Waals surface area contributed by atoms with Gasteiger partial charge in [-0.15, -0.1) is 0 Å². The summed E-state index contributed by atoms with van der Waals surface area (Å²) in [6, 6.07) is 13.8. The van der Waals surface area contributed by atoms with Gasteiger partial charge in [0.2, 0.25) is 0 Å². The van der Waals surface area contributed by atoms with E-state index in [2.05, 4.69) is 27.3 Å². The Morgan fingerprint density at radius 3 is 2.76 bits per heavy atom. The monoisotopic (exact) mass is 392 g/mol. The van der Waals surface area contributed by atoms with E-state index in [-0.39, 0.29) is 18.4 Å². The van der Waals surface area contributed by atoms with Crippen LogP contribution >= 0.6 is 0 Å². The maximum absolute atomic E-state index is 12.2. The van der Waals surface area contributed by atoms with E-state index in [0.717, 1.165) is 38.0 Å². The Bertz CT molecular complexity index is 888. The molecular formula is C22H24N4O3. The average Bonchev–Trinajstić information content (AvgIpc) is 3.13. The summed E-state index contributed by atoms with van der Waals surface area (Å²) in [6.07, 6.45) is 6.59. The molecule has 1 amide bonds. The Balaban J connectivity index is 0.000000755. The minimum atomic E-state index is -0.250. The SMILES string of the molecule is N#Cc1cccc(CN2CCC3(CC(NC(=O)c4ccncc4)C3)C2)c1.O=CO. The Morgan fingerprint density at radius 1 is 1.34 bits per heavy atom. The molecule has 1 aliphatic heterocycles. The van der Waals surface area contributed by atoms with Gasteiger partial charge in [-0.25, -0.2) is 0 Å². The van der Waals surface area contributed by atoms with Crippen molar-refractivity contribution in [3.8, 4) is 6.07 Å². The van der Waals surface area contributed by atoms with Crippen LogP contribution in [0.2, 0.25) is 0 Å². The van der Waals surface area contributed by atoms with Crippen LogP contribution in [0.4, 0.5) is 0 Å². The summed E-state index contributed by atoms with van der Waals surface area (Å²) in [5.74, 6) is -0.00424. The van der Waals surface area contributed by atoms with Crippen LogP contribution in [0.5, 0.6) is 0 Å². The van der Waals surface area contributed by atoms with Crippen LogP contribution in [0, 0.1) is 16.7 Å². The van der Waals surface area contributed by atoms with Crippen molar-refractivity contribution in [3.05, 3.63) is 65.5 Å². The van der Waals surface area contributed by atoms with Crippen molar-refractivity contribution in [1.82, 2.24) is 15.2 Å². The zero-order valence-corrected chi connectivity index (χ0v) is 16.1. The lowest BCUT2D eigenvalue weighted by molar-refractivity contribution is -0.122. The van der Waals surface area contributed by atoms with Crippen molar-refractivity contribution in [3.63, 3.8) is 0 Å². The number of carboxylic acid groups (broad SMARTS) is 1. The number of carbonyl (C=O) groups excluding carboxylic acids is 1. The lowest BCUT2D eigenvalue weighted by Crippen LogP contribution is -2.51. The third kappa shape index (κ3) is 5.18. The highest BCUT2D eigenvalue weighted by atomic mass is 16.3. The maximum atomic E-state index is 12.2. The molecule has 2 N–H and O–H groups in total. The van der Waals surface area contributed by atoms with E-state index in [1.54, 1.807) is 24.5 Å². The zero-order chi connectivity index (χ0) is 20.7. The normalized spacial score (nSPS) is 22.7. The topological polar surface area (TPSA) is 106 Å². The number of hydrogen-bond acceptors (Lipinski definition) is 5. The molecule has 7 nitrogen and oxygen atoms in total. The molecule has 0 bridgehead atoms. The molecular weight excluding hydrogens is 368 g/mol. The highest BCUT2D eigenvalue weighted by Crippen LogP contribution is 2.48. The van der Waals surface area contributed by atoms with Crippen LogP contribution in [0.3, 0.4) is 0 Å². The molecule has 1 aliphatic carbocycles. The Hall–Kier alpha value is -3.24. The number of nitrogens with one attached hydrogen (secondary N) is 1. The number of nitrogens with zero attached hydrogens (tertiary/aromatic N) is 3. The van der Waals surface area contributed by atoms with Gasteiger partial charge in [0.05, 0.1) is 11.6 Å². The molecule has 2 aliphatic rings. The van der Waals surface area contributed by atoms with E-state index >= 15 is 0 Å². The van der Waals surface area contributed by atoms with Gasteiger partial charge in [0.25, 0.3) is 12.4 Å². The molecule has 1 aromatic carbocycles. The Kier molecular flexibility index (Phi) is 6.57. The van der Waals surface area contributed by atoms with Crippen molar-refractivity contribution >= 4 is 12.4 Å². The lowest BCUT2D eigenvalue weighted by atomic mass is 9.65. The van der Waals surface area contributed by atoms with Crippen molar-refractivity contribution in [2.75, 3.05) is 13.1 Å². The number of aromatic nitrogens is 1. The highest BCUT2D eigenvalue weighted by molar-refractivity contribution is 5.94. The molecule has 7 heteroatoms. The summed E-state index contributed by atoms with van der Waals surface area (Å²) < 4.78 is 0. The molecule has 1 aromatic heterocycles. The van der Waals surface area contributed by atoms with E-state index in [1.165, 1.54) is 12.0 Å². The molecule has 1 spiro atoms. The van der Waals surface area contributed by atoms with Crippen LogP contribution in [0.25, 0.3) is 0 Å². The van der Waals surface area contributed by atoms with Crippen molar-refractivity contribution in [2.24, 2.45) is 5.41 Å². The number of hydrogen-bond donors (Lipinski definition) is 2. The minimum absolute atomic E-state index is 0.00424. The first kappa shape index (κ1) is 20.5. The van der Waals surface area contributed by atoms with Crippen LogP contribution in [0.1, 0.15) is 40.7 Å². The van der Waals surface area contributed by atoms with Crippen molar-refractivity contribution in [1.29, 1.82) is 5.26 Å². The van der Waals surface area contributed by atoms with Crippen molar-refractivity contribution in [2.45, 2.75) is 31.8 Å². The molecule has 2 aromatic rings. The first-order valence-electron chi connectivity index (χ1n) is 9.58. The van der Waals surface area contributed by atoms with Crippen LogP contribution in [0.15, 0.2) is 48.8 Å². The summed E-state index contributed by atoms with van der Waals surface area (Å²) in [5, 5.41) is 19.1. The molecule has 2 fully saturated rings. The molecule has 1 saturated carbocycles. The molecule has 0 unspecified atom stereocenters. The number of pyridine rings is 1. The number of likely N-dealkylation sites (tertiary alicyclic amines) is 1. The van der Waals surface area contributed by atoms with Gasteiger partial charge in [0.15, 0.2) is 0 Å². The van der Waals surface area contributed by atoms with E-state index in [1.807, 2.05) is 18.2 Å². The van der Waals surface area contributed by atoms with Gasteiger partial charge in [0.1, 0.15) is 0 Å². The summed E-state index contributed by atoms with van der Waals surface area (Å²) in [7, 11) is 0. The number of nitriles is 1. The standard InChI is InChI=1S/C21H22N4O.CH2O2/c22-13-16-2-1-3-17(10-16)14-25-9-6-21(15-25)11-19(12-21)24-20(26)18-4-7-23-8-5-18;2-1-3/h1-5,7-8,10,19H,6,9,11-12,14-15H2,(H,24,26);1H,(H,2,3). The number of rotatable bonds is 4. The van der Waals surface area contributed by atoms with Gasteiger partial charge in [0, 0.05) is 37.1 Å². The smallest absolute Gasteiger partial charge is 0.290 e. The fourth-order valence-corrected chi connectivity index (χ4v) is 4.35. The second-order valence-corrected chi connectivity index (χ2v) is 7.69. The van der Waals surface area contributed by atoms with Crippen LogP contribution in [-0.4, -0.2) is 46.5 Å². The fourth-order valence-electron chi connectivity index (χ4n) is 4.35. The number of carbonyl (C=O) groups is 2. The Labute approximate surface area is 170 Å². The third-order valence-corrected chi connectivity index (χ3v) is 5.62. The largest absolute Gasteiger partial charge is 0.483 e. The average molecular weight is 392 g/mol. The quantitative estimate of drug-likeness (QED) is 0.774. The van der Waals surface area contributed by atoms with E-state index < -0.39 is 0 Å². The van der Waals surface area contributed by atoms with Gasteiger partial charge < -0.3 is 10.4 Å². The molecule has 0 radical (unpaired) electrons. The lowest BCUT2D eigenvalue weighted by Gasteiger charge is -2.45. The summed E-state index contributed by atoms with van der Waals surface area (Å²) in [6.45, 7) is 2.80. The molecule has 29 heavy (non-hydrogen) atoms. The van der Waals surface area contributed by atoms with Gasteiger partial charge >= 0.3 is 0 Å². The van der Waals surface area contributed by atoms with Crippen LogP contribution < -0.4 is 5.32 Å². The van der Waals surface area contributed by atoms with E-state index in [0.29, 0.717) is 11.0 Å². The van der Waals surface area contributed by atoms with E-state index in [4.69, 9.17) is 15.2 Å². The minimum Gasteiger partial charge on any atom is -0.483 e. The van der Waals surface area contributed by atoms with E-state index in [9.17, 15) is 4.79 Å². The molecule has 2 heterocycles. The molecule has 150 valence electrons. The molecule has 0 atom stereocenters.